The molecule has 0 bridgehead atoms. The molecule has 124 valence electrons. The Hall–Kier alpha value is -1.14. The van der Waals surface area contributed by atoms with Crippen LogP contribution in [-0.2, 0) is 4.79 Å². The van der Waals surface area contributed by atoms with Gasteiger partial charge in [-0.15, -0.1) is 11.3 Å². The lowest BCUT2D eigenvalue weighted by Gasteiger charge is -2.36. The van der Waals surface area contributed by atoms with Crippen LogP contribution in [0.25, 0.3) is 0 Å². The molecule has 1 aromatic rings. The second-order valence-corrected chi connectivity index (χ2v) is 6.96. The van der Waals surface area contributed by atoms with Gasteiger partial charge >= 0.3 is 0 Å². The minimum atomic E-state index is -0.826. The molecule has 2 heterocycles. The molecule has 2 rings (SSSR count). The summed E-state index contributed by atoms with van der Waals surface area (Å²) in [6.45, 7) is 7.17. The van der Waals surface area contributed by atoms with Gasteiger partial charge in [0.25, 0.3) is 0 Å². The van der Waals surface area contributed by atoms with Gasteiger partial charge < -0.3 is 14.9 Å². The lowest BCUT2D eigenvalue weighted by molar-refractivity contribution is -0.137. The topological polar surface area (TPSA) is 56.7 Å². The van der Waals surface area contributed by atoms with Crippen molar-refractivity contribution in [3.05, 3.63) is 11.6 Å². The molecule has 1 N–H and O–H groups in total. The summed E-state index contributed by atoms with van der Waals surface area (Å²) in [5.74, 6) is 0.0863. The summed E-state index contributed by atoms with van der Waals surface area (Å²) in [6, 6.07) is 0. The van der Waals surface area contributed by atoms with Gasteiger partial charge in [-0.25, -0.2) is 4.98 Å². The van der Waals surface area contributed by atoms with E-state index in [1.54, 1.807) is 11.3 Å². The number of rotatable bonds is 7. The van der Waals surface area contributed by atoms with E-state index >= 15 is 0 Å². The lowest BCUT2D eigenvalue weighted by Crippen LogP contribution is -2.50. The summed E-state index contributed by atoms with van der Waals surface area (Å²) >= 11 is 1.63. The van der Waals surface area contributed by atoms with E-state index in [1.165, 1.54) is 0 Å². The van der Waals surface area contributed by atoms with E-state index in [0.29, 0.717) is 25.9 Å². The number of aliphatic hydroxyl groups is 1. The summed E-state index contributed by atoms with van der Waals surface area (Å²) < 4.78 is 0. The Labute approximate surface area is 137 Å². The smallest absolute Gasteiger partial charge is 0.225 e. The highest BCUT2D eigenvalue weighted by Crippen LogP contribution is 2.25. The molecule has 1 aliphatic rings. The van der Waals surface area contributed by atoms with Crippen LogP contribution in [0.3, 0.4) is 0 Å². The Bertz CT molecular complexity index is 450. The van der Waals surface area contributed by atoms with Crippen molar-refractivity contribution in [3.8, 4) is 0 Å². The van der Waals surface area contributed by atoms with Crippen LogP contribution in [-0.4, -0.2) is 52.7 Å². The van der Waals surface area contributed by atoms with Gasteiger partial charge in [0.2, 0.25) is 5.91 Å². The molecule has 0 atom stereocenters. The maximum absolute atomic E-state index is 12.5. The molecule has 1 aromatic heterocycles. The third kappa shape index (κ3) is 4.43. The number of amides is 1. The Morgan fingerprint density at radius 3 is 2.41 bits per heavy atom. The van der Waals surface area contributed by atoms with Crippen molar-refractivity contribution in [1.29, 1.82) is 0 Å². The standard InChI is InChI=1S/C16H27N3O2S/c1-3-5-16(21,6-4-2)13-14(20)18-8-10-19(11-9-18)15-17-7-12-22-15/h7,12,21H,3-6,8-11,13H2,1-2H3. The van der Waals surface area contributed by atoms with Crippen LogP contribution in [0.1, 0.15) is 46.0 Å². The Morgan fingerprint density at radius 1 is 1.27 bits per heavy atom. The normalized spacial score (nSPS) is 16.1. The first-order valence-electron chi connectivity index (χ1n) is 8.22. The summed E-state index contributed by atoms with van der Waals surface area (Å²) in [5.41, 5.74) is -0.826. The third-order valence-corrected chi connectivity index (χ3v) is 5.07. The summed E-state index contributed by atoms with van der Waals surface area (Å²) in [7, 11) is 0. The predicted octanol–water partition coefficient (Wildman–Crippen LogP) is 2.51. The average Bonchev–Trinajstić information content (AvgIpc) is 3.02. The maximum atomic E-state index is 12.5. The van der Waals surface area contributed by atoms with Crippen LogP contribution in [0.5, 0.6) is 0 Å². The van der Waals surface area contributed by atoms with Crippen molar-refractivity contribution in [2.24, 2.45) is 0 Å². The number of carbonyl (C=O) groups is 1. The lowest BCUT2D eigenvalue weighted by atomic mass is 9.88. The van der Waals surface area contributed by atoms with Crippen LogP contribution in [0, 0.1) is 0 Å². The molecular formula is C16H27N3O2S. The van der Waals surface area contributed by atoms with Crippen LogP contribution in [0.15, 0.2) is 11.6 Å². The fourth-order valence-corrected chi connectivity index (χ4v) is 3.84. The van der Waals surface area contributed by atoms with Crippen molar-refractivity contribution in [1.82, 2.24) is 9.88 Å². The molecule has 0 aliphatic carbocycles. The number of hydrogen-bond donors (Lipinski definition) is 1. The number of aromatic nitrogens is 1. The molecule has 0 saturated carbocycles. The first-order chi connectivity index (χ1) is 10.6. The number of piperazine rings is 1. The molecule has 1 aliphatic heterocycles. The van der Waals surface area contributed by atoms with E-state index in [2.05, 4.69) is 23.7 Å². The number of thiazole rings is 1. The molecular weight excluding hydrogens is 298 g/mol. The highest BCUT2D eigenvalue weighted by atomic mass is 32.1. The quantitative estimate of drug-likeness (QED) is 0.837. The highest BCUT2D eigenvalue weighted by Gasteiger charge is 2.31. The largest absolute Gasteiger partial charge is 0.389 e. The fourth-order valence-electron chi connectivity index (χ4n) is 3.15. The van der Waals surface area contributed by atoms with Crippen molar-refractivity contribution < 1.29 is 9.90 Å². The minimum Gasteiger partial charge on any atom is -0.389 e. The van der Waals surface area contributed by atoms with Gasteiger partial charge in [0.1, 0.15) is 0 Å². The third-order valence-electron chi connectivity index (χ3n) is 4.23. The second kappa shape index (κ2) is 7.92. The van der Waals surface area contributed by atoms with Crippen LogP contribution >= 0.6 is 11.3 Å². The molecule has 0 aromatic carbocycles. The van der Waals surface area contributed by atoms with Gasteiger partial charge in [0.15, 0.2) is 5.13 Å². The van der Waals surface area contributed by atoms with E-state index in [9.17, 15) is 9.90 Å². The van der Waals surface area contributed by atoms with Crippen LogP contribution in [0.4, 0.5) is 5.13 Å². The molecule has 0 radical (unpaired) electrons. The monoisotopic (exact) mass is 325 g/mol. The van der Waals surface area contributed by atoms with Gasteiger partial charge in [-0.3, -0.25) is 4.79 Å². The average molecular weight is 325 g/mol. The van der Waals surface area contributed by atoms with E-state index in [-0.39, 0.29) is 12.3 Å². The Morgan fingerprint density at radius 2 is 1.91 bits per heavy atom. The van der Waals surface area contributed by atoms with E-state index in [4.69, 9.17) is 0 Å². The molecule has 1 amide bonds. The second-order valence-electron chi connectivity index (χ2n) is 6.08. The van der Waals surface area contributed by atoms with Gasteiger partial charge in [-0.1, -0.05) is 26.7 Å². The first-order valence-corrected chi connectivity index (χ1v) is 9.10. The predicted molar refractivity (Wildman–Crippen MR) is 90.3 cm³/mol. The number of anilines is 1. The SMILES string of the molecule is CCCC(O)(CCC)CC(=O)N1CCN(c2nccs2)CC1. The molecule has 1 saturated heterocycles. The molecule has 5 nitrogen and oxygen atoms in total. The van der Waals surface area contributed by atoms with E-state index in [0.717, 1.165) is 31.1 Å². The van der Waals surface area contributed by atoms with Crippen LogP contribution < -0.4 is 4.90 Å². The number of carbonyl (C=O) groups excluding carboxylic acids is 1. The molecule has 22 heavy (non-hydrogen) atoms. The summed E-state index contributed by atoms with van der Waals surface area (Å²) in [6.07, 6.45) is 5.28. The zero-order valence-electron chi connectivity index (χ0n) is 13.6. The van der Waals surface area contributed by atoms with E-state index < -0.39 is 5.60 Å². The summed E-state index contributed by atoms with van der Waals surface area (Å²) in [4.78, 5) is 20.9. The minimum absolute atomic E-state index is 0.0863. The molecule has 1 fully saturated rings. The number of nitrogens with zero attached hydrogens (tertiary/aromatic N) is 3. The molecule has 6 heteroatoms. The van der Waals surface area contributed by atoms with Crippen molar-refractivity contribution in [2.75, 3.05) is 31.1 Å². The zero-order valence-corrected chi connectivity index (χ0v) is 14.4. The van der Waals surface area contributed by atoms with Crippen LogP contribution in [0.2, 0.25) is 0 Å². The van der Waals surface area contributed by atoms with Crippen molar-refractivity contribution >= 4 is 22.4 Å². The Kier molecular flexibility index (Phi) is 6.20. The van der Waals surface area contributed by atoms with Crippen molar-refractivity contribution in [3.63, 3.8) is 0 Å². The van der Waals surface area contributed by atoms with Gasteiger partial charge in [0.05, 0.1) is 12.0 Å². The van der Waals surface area contributed by atoms with Gasteiger partial charge in [-0.05, 0) is 12.8 Å². The number of hydrogen-bond acceptors (Lipinski definition) is 5. The van der Waals surface area contributed by atoms with Gasteiger partial charge in [-0.2, -0.15) is 0 Å². The fraction of sp³-hybridized carbons (Fsp3) is 0.750. The molecule has 0 unspecified atom stereocenters. The van der Waals surface area contributed by atoms with E-state index in [1.807, 2.05) is 16.5 Å². The molecule has 0 spiro atoms. The summed E-state index contributed by atoms with van der Waals surface area (Å²) in [5, 5.41) is 13.7. The van der Waals surface area contributed by atoms with Gasteiger partial charge in [0, 0.05) is 37.8 Å². The Balaban J connectivity index is 1.86. The highest BCUT2D eigenvalue weighted by molar-refractivity contribution is 7.13. The maximum Gasteiger partial charge on any atom is 0.225 e. The zero-order chi connectivity index (χ0) is 16.0. The first kappa shape index (κ1) is 17.2. The van der Waals surface area contributed by atoms with Crippen molar-refractivity contribution in [2.45, 2.75) is 51.6 Å².